The highest BCUT2D eigenvalue weighted by Gasteiger charge is 2.42. The van der Waals surface area contributed by atoms with Gasteiger partial charge in [-0.05, 0) is 56.1 Å². The molecule has 0 unspecified atom stereocenters. The topological polar surface area (TPSA) is 110 Å². The number of rotatable bonds is 16. The Hall–Kier alpha value is -5.93. The van der Waals surface area contributed by atoms with Crippen LogP contribution >= 0.6 is 0 Å². The third kappa shape index (κ3) is 7.95. The van der Waals surface area contributed by atoms with Crippen molar-refractivity contribution >= 4 is 11.9 Å². The minimum absolute atomic E-state index is 0.0593. The number of amides is 1. The number of carboxylic acid groups (broad SMARTS) is 1. The molecule has 1 heterocycles. The summed E-state index contributed by atoms with van der Waals surface area (Å²) in [5.74, 6) is -0.633. The van der Waals surface area contributed by atoms with Crippen LogP contribution < -0.4 is 0 Å². The lowest BCUT2D eigenvalue weighted by atomic mass is 9.77. The predicted molar refractivity (Wildman–Crippen MR) is 206 cm³/mol. The van der Waals surface area contributed by atoms with E-state index >= 15 is 0 Å². The molecule has 1 aromatic heterocycles. The Balaban J connectivity index is 1.42. The van der Waals surface area contributed by atoms with Crippen molar-refractivity contribution in [3.05, 3.63) is 162 Å². The summed E-state index contributed by atoms with van der Waals surface area (Å²) in [5, 5.41) is 23.0. The molecule has 0 radical (unpaired) electrons. The summed E-state index contributed by atoms with van der Waals surface area (Å²) in [7, 11) is 0. The van der Waals surface area contributed by atoms with Crippen molar-refractivity contribution in [3.63, 3.8) is 0 Å². The Morgan fingerprint density at radius 2 is 1.28 bits per heavy atom. The van der Waals surface area contributed by atoms with Crippen molar-refractivity contribution in [2.24, 2.45) is 5.92 Å². The molecule has 1 N–H and O–H groups in total. The number of ether oxygens (including phenoxy) is 1. The molecule has 9 nitrogen and oxygen atoms in total. The third-order valence-electron chi connectivity index (χ3n) is 9.47. The van der Waals surface area contributed by atoms with E-state index in [9.17, 15) is 14.7 Å². The largest absolute Gasteiger partial charge is 0.480 e. The van der Waals surface area contributed by atoms with Crippen LogP contribution in [0.15, 0.2) is 140 Å². The number of hydrogen-bond donors (Lipinski definition) is 1. The number of benzene rings is 5. The molecule has 6 aromatic rings. The maximum atomic E-state index is 13.5. The third-order valence-corrected chi connectivity index (χ3v) is 9.47. The summed E-state index contributed by atoms with van der Waals surface area (Å²) in [5.41, 5.74) is 5.79. The van der Waals surface area contributed by atoms with Gasteiger partial charge in [-0.2, -0.15) is 0 Å². The molecular weight excluding hydrogens is 663 g/mol. The van der Waals surface area contributed by atoms with Crippen LogP contribution in [0.2, 0.25) is 0 Å². The first-order valence-corrected chi connectivity index (χ1v) is 18.1. The molecule has 0 aliphatic heterocycles. The molecule has 0 fully saturated rings. The van der Waals surface area contributed by atoms with E-state index in [1.165, 1.54) is 0 Å². The molecule has 0 aliphatic carbocycles. The van der Waals surface area contributed by atoms with Crippen LogP contribution in [0.25, 0.3) is 22.5 Å². The average Bonchev–Trinajstić information content (AvgIpc) is 3.68. The fourth-order valence-corrected chi connectivity index (χ4v) is 6.99. The van der Waals surface area contributed by atoms with Crippen LogP contribution in [-0.4, -0.2) is 54.9 Å². The summed E-state index contributed by atoms with van der Waals surface area (Å²) >= 11 is 0. The van der Waals surface area contributed by atoms with Gasteiger partial charge in [0.1, 0.15) is 18.4 Å². The first-order chi connectivity index (χ1) is 25.8. The zero-order valence-corrected chi connectivity index (χ0v) is 30.4. The molecule has 0 saturated carbocycles. The summed E-state index contributed by atoms with van der Waals surface area (Å²) in [6, 6.07) is 47.1. The monoisotopic (exact) mass is 707 g/mol. The van der Waals surface area contributed by atoms with Gasteiger partial charge in [-0.25, -0.2) is 9.48 Å². The van der Waals surface area contributed by atoms with Gasteiger partial charge in [0.05, 0.1) is 0 Å². The highest BCUT2D eigenvalue weighted by atomic mass is 16.5. The fraction of sp³-hybridized carbons (Fsp3) is 0.250. The maximum Gasteiger partial charge on any atom is 0.329 e. The number of nitrogens with zero attached hydrogens (tertiary/aromatic N) is 5. The standard InChI is InChI=1S/C44H45N5O4/c1-4-5-25-40(50)48(43(32(2)3)53-31-41(51)52)30-33-26-28-34(29-27-33)38-23-15-16-24-39(38)42-45-46-47-49(42)44(35-17-9-6-10-18-35,36-19-11-7-12-20-36)37-21-13-8-14-22-37/h6-24,26-29,32,43H,4-5,25,30-31H2,1-3H3,(H,51,52)/t43-/m0/s1. The van der Waals surface area contributed by atoms with Gasteiger partial charge >= 0.3 is 5.97 Å². The molecule has 6 rings (SSSR count). The van der Waals surface area contributed by atoms with E-state index in [0.717, 1.165) is 51.8 Å². The highest BCUT2D eigenvalue weighted by Crippen LogP contribution is 2.43. The van der Waals surface area contributed by atoms with E-state index < -0.39 is 24.3 Å². The van der Waals surface area contributed by atoms with Gasteiger partial charge in [-0.15, -0.1) is 5.10 Å². The van der Waals surface area contributed by atoms with Crippen molar-refractivity contribution in [3.8, 4) is 22.5 Å². The van der Waals surface area contributed by atoms with Gasteiger partial charge in [0.25, 0.3) is 0 Å². The van der Waals surface area contributed by atoms with Gasteiger partial charge in [0, 0.05) is 18.5 Å². The van der Waals surface area contributed by atoms with Crippen LogP contribution in [0.4, 0.5) is 0 Å². The number of aliphatic carboxylic acids is 1. The van der Waals surface area contributed by atoms with Crippen molar-refractivity contribution < 1.29 is 19.4 Å². The fourth-order valence-electron chi connectivity index (χ4n) is 6.99. The number of aromatic nitrogens is 4. The van der Waals surface area contributed by atoms with Crippen molar-refractivity contribution in [1.29, 1.82) is 0 Å². The Kier molecular flexibility index (Phi) is 11.9. The van der Waals surface area contributed by atoms with Crippen molar-refractivity contribution in [2.45, 2.75) is 58.3 Å². The second-order valence-corrected chi connectivity index (χ2v) is 13.4. The first kappa shape index (κ1) is 36.8. The lowest BCUT2D eigenvalue weighted by Gasteiger charge is -2.36. The molecule has 270 valence electrons. The smallest absolute Gasteiger partial charge is 0.329 e. The minimum atomic E-state index is -1.07. The Morgan fingerprint density at radius 3 is 1.79 bits per heavy atom. The van der Waals surface area contributed by atoms with Crippen molar-refractivity contribution in [2.75, 3.05) is 6.61 Å². The maximum absolute atomic E-state index is 13.5. The van der Waals surface area contributed by atoms with Crippen LogP contribution in [0.3, 0.4) is 0 Å². The van der Waals surface area contributed by atoms with E-state index in [-0.39, 0.29) is 11.8 Å². The second-order valence-electron chi connectivity index (χ2n) is 13.4. The van der Waals surface area contributed by atoms with Gasteiger partial charge in [0.15, 0.2) is 5.82 Å². The zero-order valence-electron chi connectivity index (χ0n) is 30.4. The Labute approximate surface area is 310 Å². The van der Waals surface area contributed by atoms with Crippen LogP contribution in [0, 0.1) is 5.92 Å². The first-order valence-electron chi connectivity index (χ1n) is 18.1. The molecular formula is C44H45N5O4. The SMILES string of the molecule is CCCCC(=O)N(Cc1ccc(-c2ccccc2-c2nnnn2C(c2ccccc2)(c2ccccc2)c2ccccc2)cc1)[C@@H](OCC(=O)O)C(C)C. The number of carboxylic acids is 1. The molecule has 1 amide bonds. The number of hydrogen-bond acceptors (Lipinski definition) is 6. The summed E-state index contributed by atoms with van der Waals surface area (Å²) in [6.45, 7) is 5.72. The molecule has 53 heavy (non-hydrogen) atoms. The normalized spacial score (nSPS) is 12.1. The molecule has 1 atom stereocenters. The summed E-state index contributed by atoms with van der Waals surface area (Å²) in [6.07, 6.45) is 1.32. The predicted octanol–water partition coefficient (Wildman–Crippen LogP) is 8.45. The van der Waals surface area contributed by atoms with Crippen LogP contribution in [0.5, 0.6) is 0 Å². The average molecular weight is 708 g/mol. The number of tetrazole rings is 1. The van der Waals surface area contributed by atoms with E-state index in [4.69, 9.17) is 9.95 Å². The van der Waals surface area contributed by atoms with E-state index in [0.29, 0.717) is 18.8 Å². The molecule has 5 aromatic carbocycles. The van der Waals surface area contributed by atoms with Gasteiger partial charge in [0.2, 0.25) is 5.91 Å². The molecule has 0 bridgehead atoms. The quantitative estimate of drug-likeness (QED) is 0.0794. The summed E-state index contributed by atoms with van der Waals surface area (Å²) < 4.78 is 7.70. The highest BCUT2D eigenvalue weighted by molar-refractivity contribution is 5.81. The second kappa shape index (κ2) is 17.1. The zero-order chi connectivity index (χ0) is 37.2. The summed E-state index contributed by atoms with van der Waals surface area (Å²) in [4.78, 5) is 26.5. The number of unbranched alkanes of at least 4 members (excludes halogenated alkanes) is 1. The number of carbonyl (C=O) groups excluding carboxylic acids is 1. The lowest BCUT2D eigenvalue weighted by molar-refractivity contribution is -0.164. The van der Waals surface area contributed by atoms with Crippen LogP contribution in [-0.2, 0) is 26.4 Å². The Bertz CT molecular complexity index is 1990. The Morgan fingerprint density at radius 1 is 0.755 bits per heavy atom. The lowest BCUT2D eigenvalue weighted by Crippen LogP contribution is -2.45. The molecule has 0 spiro atoms. The number of carbonyl (C=O) groups is 2. The molecule has 9 heteroatoms. The molecule has 0 saturated heterocycles. The van der Waals surface area contributed by atoms with E-state index in [1.807, 2.05) is 123 Å². The molecule has 0 aliphatic rings. The van der Waals surface area contributed by atoms with Gasteiger partial charge in [-0.3, -0.25) is 4.79 Å². The van der Waals surface area contributed by atoms with Gasteiger partial charge in [-0.1, -0.05) is 167 Å². The van der Waals surface area contributed by atoms with Crippen molar-refractivity contribution in [1.82, 2.24) is 25.1 Å². The van der Waals surface area contributed by atoms with Gasteiger partial charge < -0.3 is 14.7 Å². The van der Waals surface area contributed by atoms with E-state index in [2.05, 4.69) is 52.8 Å². The minimum Gasteiger partial charge on any atom is -0.480 e. The van der Waals surface area contributed by atoms with Crippen LogP contribution in [0.1, 0.15) is 62.3 Å². The van der Waals surface area contributed by atoms with E-state index in [1.54, 1.807) is 4.90 Å².